The van der Waals surface area contributed by atoms with Gasteiger partial charge in [0.1, 0.15) is 5.82 Å². The Balaban J connectivity index is 2.26. The van der Waals surface area contributed by atoms with E-state index in [9.17, 15) is 9.18 Å². The Labute approximate surface area is 124 Å². The van der Waals surface area contributed by atoms with Crippen LogP contribution in [0.1, 0.15) is 21.5 Å². The van der Waals surface area contributed by atoms with E-state index >= 15 is 0 Å². The molecule has 1 nitrogen and oxygen atoms in total. The standard InChI is InChI=1S/C15H11BrClFO/c1-9-3-2-4-11(15(9)16)14(19)8-10-5-6-13(18)12(17)7-10/h2-7H,8H2,1H3. The summed E-state index contributed by atoms with van der Waals surface area (Å²) in [6, 6.07) is 9.86. The lowest BCUT2D eigenvalue weighted by molar-refractivity contribution is 0.0992. The highest BCUT2D eigenvalue weighted by Gasteiger charge is 2.12. The molecule has 2 aromatic carbocycles. The van der Waals surface area contributed by atoms with Gasteiger partial charge in [-0.25, -0.2) is 4.39 Å². The molecule has 0 heterocycles. The average Bonchev–Trinajstić information content (AvgIpc) is 2.37. The van der Waals surface area contributed by atoms with Crippen molar-refractivity contribution in [2.45, 2.75) is 13.3 Å². The minimum atomic E-state index is -0.477. The number of carbonyl (C=O) groups is 1. The molecule has 0 aromatic heterocycles. The van der Waals surface area contributed by atoms with Crippen molar-refractivity contribution in [1.82, 2.24) is 0 Å². The SMILES string of the molecule is Cc1cccc(C(=O)Cc2ccc(F)c(Cl)c2)c1Br. The van der Waals surface area contributed by atoms with E-state index in [-0.39, 0.29) is 17.2 Å². The molecule has 98 valence electrons. The Bertz CT molecular complexity index is 640. The number of carbonyl (C=O) groups excluding carboxylic acids is 1. The Morgan fingerprint density at radius 1 is 1.32 bits per heavy atom. The highest BCUT2D eigenvalue weighted by Crippen LogP contribution is 2.23. The third kappa shape index (κ3) is 3.23. The van der Waals surface area contributed by atoms with Crippen molar-refractivity contribution < 1.29 is 9.18 Å². The van der Waals surface area contributed by atoms with Gasteiger partial charge in [0.2, 0.25) is 0 Å². The molecule has 0 radical (unpaired) electrons. The molecule has 0 spiro atoms. The molecule has 0 aliphatic rings. The Kier molecular flexibility index (Phi) is 4.38. The zero-order valence-corrected chi connectivity index (χ0v) is 12.6. The van der Waals surface area contributed by atoms with Crippen LogP contribution in [-0.2, 0) is 6.42 Å². The van der Waals surface area contributed by atoms with Crippen molar-refractivity contribution >= 4 is 33.3 Å². The van der Waals surface area contributed by atoms with Gasteiger partial charge < -0.3 is 0 Å². The Morgan fingerprint density at radius 2 is 2.05 bits per heavy atom. The maximum Gasteiger partial charge on any atom is 0.168 e. The van der Waals surface area contributed by atoms with E-state index in [1.807, 2.05) is 19.1 Å². The molecule has 2 rings (SSSR count). The molecule has 0 atom stereocenters. The lowest BCUT2D eigenvalue weighted by Crippen LogP contribution is -2.05. The van der Waals surface area contributed by atoms with Crippen LogP contribution in [0, 0.1) is 12.7 Å². The summed E-state index contributed by atoms with van der Waals surface area (Å²) in [5.41, 5.74) is 2.33. The second kappa shape index (κ2) is 5.85. The fourth-order valence-electron chi connectivity index (χ4n) is 1.79. The molecular formula is C15H11BrClFO. The van der Waals surface area contributed by atoms with Gasteiger partial charge in [0.25, 0.3) is 0 Å². The fourth-order valence-corrected chi connectivity index (χ4v) is 2.48. The quantitative estimate of drug-likeness (QED) is 0.720. The molecule has 0 aliphatic heterocycles. The van der Waals surface area contributed by atoms with Gasteiger partial charge in [-0.05, 0) is 46.1 Å². The summed E-state index contributed by atoms with van der Waals surface area (Å²) in [7, 11) is 0. The number of benzene rings is 2. The molecule has 0 saturated heterocycles. The fraction of sp³-hybridized carbons (Fsp3) is 0.133. The highest BCUT2D eigenvalue weighted by molar-refractivity contribution is 9.10. The normalized spacial score (nSPS) is 10.5. The minimum Gasteiger partial charge on any atom is -0.294 e. The van der Waals surface area contributed by atoms with Gasteiger partial charge in [0.15, 0.2) is 5.78 Å². The number of hydrogen-bond donors (Lipinski definition) is 0. The molecule has 0 unspecified atom stereocenters. The molecule has 0 amide bonds. The monoisotopic (exact) mass is 340 g/mol. The summed E-state index contributed by atoms with van der Waals surface area (Å²) >= 11 is 9.12. The van der Waals surface area contributed by atoms with Gasteiger partial charge in [-0.1, -0.05) is 35.9 Å². The summed E-state index contributed by atoms with van der Waals surface area (Å²) < 4.78 is 13.9. The first-order valence-corrected chi connectivity index (χ1v) is 6.88. The zero-order valence-electron chi connectivity index (χ0n) is 10.2. The van der Waals surface area contributed by atoms with Crippen molar-refractivity contribution in [3.8, 4) is 0 Å². The number of hydrogen-bond acceptors (Lipinski definition) is 1. The van der Waals surface area contributed by atoms with E-state index in [1.165, 1.54) is 12.1 Å². The van der Waals surface area contributed by atoms with Crippen LogP contribution in [0.3, 0.4) is 0 Å². The van der Waals surface area contributed by atoms with Crippen molar-refractivity contribution in [3.05, 3.63) is 68.4 Å². The molecule has 0 N–H and O–H groups in total. The first-order chi connectivity index (χ1) is 8.99. The summed E-state index contributed by atoms with van der Waals surface area (Å²) in [4.78, 5) is 12.2. The van der Waals surface area contributed by atoms with E-state index in [0.717, 1.165) is 10.0 Å². The van der Waals surface area contributed by atoms with E-state index in [0.29, 0.717) is 11.1 Å². The Hall–Kier alpha value is -1.19. The molecule has 2 aromatic rings. The molecule has 0 bridgehead atoms. The van der Waals surface area contributed by atoms with Crippen molar-refractivity contribution in [3.63, 3.8) is 0 Å². The van der Waals surface area contributed by atoms with Crippen LogP contribution >= 0.6 is 27.5 Å². The molecule has 19 heavy (non-hydrogen) atoms. The number of aryl methyl sites for hydroxylation is 1. The van der Waals surface area contributed by atoms with E-state index < -0.39 is 5.82 Å². The van der Waals surface area contributed by atoms with Crippen molar-refractivity contribution in [2.75, 3.05) is 0 Å². The lowest BCUT2D eigenvalue weighted by Gasteiger charge is -2.07. The van der Waals surface area contributed by atoms with E-state index in [2.05, 4.69) is 15.9 Å². The number of Topliss-reactive ketones (excluding diaryl/α,β-unsaturated/α-hetero) is 1. The van der Waals surface area contributed by atoms with Crippen LogP contribution in [0.2, 0.25) is 5.02 Å². The third-order valence-corrected chi connectivity index (χ3v) is 4.18. The van der Waals surface area contributed by atoms with Crippen LogP contribution in [0.5, 0.6) is 0 Å². The second-order valence-corrected chi connectivity index (χ2v) is 5.49. The van der Waals surface area contributed by atoms with Crippen LogP contribution < -0.4 is 0 Å². The zero-order chi connectivity index (χ0) is 14.0. The van der Waals surface area contributed by atoms with Crippen molar-refractivity contribution in [2.24, 2.45) is 0 Å². The van der Waals surface area contributed by atoms with Gasteiger partial charge in [0, 0.05) is 16.5 Å². The highest BCUT2D eigenvalue weighted by atomic mass is 79.9. The number of ketones is 1. The smallest absolute Gasteiger partial charge is 0.168 e. The van der Waals surface area contributed by atoms with Gasteiger partial charge in [-0.2, -0.15) is 0 Å². The predicted molar refractivity (Wildman–Crippen MR) is 78.3 cm³/mol. The molecule has 4 heteroatoms. The lowest BCUT2D eigenvalue weighted by atomic mass is 10.0. The van der Waals surface area contributed by atoms with Gasteiger partial charge in [0.05, 0.1) is 5.02 Å². The summed E-state index contributed by atoms with van der Waals surface area (Å²) in [5, 5.41) is 0.0357. The van der Waals surface area contributed by atoms with Crippen LogP contribution in [0.25, 0.3) is 0 Å². The minimum absolute atomic E-state index is 0.0294. The van der Waals surface area contributed by atoms with Crippen LogP contribution in [-0.4, -0.2) is 5.78 Å². The predicted octanol–water partition coefficient (Wildman–Crippen LogP) is 4.98. The third-order valence-electron chi connectivity index (χ3n) is 2.84. The van der Waals surface area contributed by atoms with Crippen molar-refractivity contribution in [1.29, 1.82) is 0 Å². The molecular weight excluding hydrogens is 331 g/mol. The molecule has 0 fully saturated rings. The largest absolute Gasteiger partial charge is 0.294 e. The van der Waals surface area contributed by atoms with Gasteiger partial charge in [-0.3, -0.25) is 4.79 Å². The molecule has 0 aliphatic carbocycles. The Morgan fingerprint density at radius 3 is 2.74 bits per heavy atom. The topological polar surface area (TPSA) is 17.1 Å². The second-order valence-electron chi connectivity index (χ2n) is 4.28. The van der Waals surface area contributed by atoms with Gasteiger partial charge >= 0.3 is 0 Å². The summed E-state index contributed by atoms with van der Waals surface area (Å²) in [6.07, 6.45) is 0.196. The maximum atomic E-state index is 13.1. The van der Waals surface area contributed by atoms with E-state index in [4.69, 9.17) is 11.6 Å². The molecule has 0 saturated carbocycles. The van der Waals surface area contributed by atoms with Crippen LogP contribution in [0.4, 0.5) is 4.39 Å². The summed E-state index contributed by atoms with van der Waals surface area (Å²) in [5.74, 6) is -0.507. The maximum absolute atomic E-state index is 13.1. The number of halogens is 3. The average molecular weight is 342 g/mol. The summed E-state index contributed by atoms with van der Waals surface area (Å²) in [6.45, 7) is 1.93. The first kappa shape index (κ1) is 14.2. The van der Waals surface area contributed by atoms with Gasteiger partial charge in [-0.15, -0.1) is 0 Å². The first-order valence-electron chi connectivity index (χ1n) is 5.71. The van der Waals surface area contributed by atoms with Crippen LogP contribution in [0.15, 0.2) is 40.9 Å². The number of rotatable bonds is 3. The van der Waals surface area contributed by atoms with E-state index in [1.54, 1.807) is 12.1 Å².